The van der Waals surface area contributed by atoms with Crippen molar-refractivity contribution >= 4 is 17.9 Å². The molecule has 0 aliphatic heterocycles. The lowest BCUT2D eigenvalue weighted by Gasteiger charge is -2.30. The summed E-state index contributed by atoms with van der Waals surface area (Å²) < 4.78 is 14.4. The van der Waals surface area contributed by atoms with Crippen LogP contribution in [0.15, 0.2) is 0 Å². The zero-order valence-electron chi connectivity index (χ0n) is 25.6. The topological polar surface area (TPSA) is 91.9 Å². The van der Waals surface area contributed by atoms with E-state index in [1.54, 1.807) is 0 Å². The summed E-state index contributed by atoms with van der Waals surface area (Å²) in [6.07, 6.45) is 3.15. The summed E-state index contributed by atoms with van der Waals surface area (Å²) in [6.45, 7) is 18.0. The van der Waals surface area contributed by atoms with E-state index in [1.807, 2.05) is 0 Å². The Kier molecular flexibility index (Phi) is 20.1. The van der Waals surface area contributed by atoms with E-state index in [0.717, 1.165) is 65.2 Å². The van der Waals surface area contributed by atoms with Gasteiger partial charge in [-0.25, -0.2) is 0 Å². The zero-order chi connectivity index (χ0) is 29.0. The van der Waals surface area contributed by atoms with Crippen LogP contribution in [0, 0.1) is 5.41 Å². The minimum absolute atomic E-state index is 0.165. The quantitative estimate of drug-likeness (QED) is 0.149. The maximum Gasteiger partial charge on any atom is 0.306 e. The van der Waals surface area contributed by atoms with E-state index >= 15 is 0 Å². The largest absolute Gasteiger partial charge is 0.469 e. The minimum atomic E-state index is -0.247. The van der Waals surface area contributed by atoms with Crippen molar-refractivity contribution in [2.45, 2.75) is 59.8 Å². The summed E-state index contributed by atoms with van der Waals surface area (Å²) in [5.74, 6) is -0.659. The molecule has 0 heterocycles. The van der Waals surface area contributed by atoms with Crippen LogP contribution in [0.5, 0.6) is 0 Å². The van der Waals surface area contributed by atoms with Crippen LogP contribution in [0.2, 0.25) is 0 Å². The van der Waals surface area contributed by atoms with Crippen LogP contribution in [0.1, 0.15) is 59.8 Å². The van der Waals surface area contributed by atoms with E-state index in [1.165, 1.54) is 21.3 Å². The Morgan fingerprint density at radius 2 is 0.895 bits per heavy atom. The first-order valence-corrected chi connectivity index (χ1v) is 14.0. The van der Waals surface area contributed by atoms with Crippen molar-refractivity contribution in [2.24, 2.45) is 5.41 Å². The number of carbonyl (C=O) groups is 3. The van der Waals surface area contributed by atoms with Gasteiger partial charge in [-0.05, 0) is 38.4 Å². The van der Waals surface area contributed by atoms with Crippen molar-refractivity contribution < 1.29 is 28.6 Å². The Morgan fingerprint density at radius 1 is 0.553 bits per heavy atom. The average molecular weight is 545 g/mol. The van der Waals surface area contributed by atoms with E-state index < -0.39 is 0 Å². The number of methoxy groups -OCH3 is 3. The first-order chi connectivity index (χ1) is 17.9. The summed E-state index contributed by atoms with van der Waals surface area (Å²) in [5, 5.41) is 0. The number of hydrogen-bond acceptors (Lipinski definition) is 10. The molecule has 10 nitrogen and oxygen atoms in total. The first-order valence-electron chi connectivity index (χ1n) is 14.0. The molecule has 0 aromatic rings. The lowest BCUT2D eigenvalue weighted by atomic mass is 9.92. The molecule has 0 fully saturated rings. The molecule has 0 N–H and O–H groups in total. The van der Waals surface area contributed by atoms with Crippen molar-refractivity contribution in [1.29, 1.82) is 0 Å². The molecule has 224 valence electrons. The Balaban J connectivity index is 4.79. The van der Waals surface area contributed by atoms with Crippen molar-refractivity contribution in [1.82, 2.24) is 19.6 Å². The zero-order valence-corrected chi connectivity index (χ0v) is 25.6. The lowest BCUT2D eigenvalue weighted by molar-refractivity contribution is -0.142. The number of hydrogen-bond donors (Lipinski definition) is 0. The average Bonchev–Trinajstić information content (AvgIpc) is 2.89. The molecular weight excluding hydrogens is 488 g/mol. The van der Waals surface area contributed by atoms with Gasteiger partial charge in [0.05, 0.1) is 40.6 Å². The summed E-state index contributed by atoms with van der Waals surface area (Å²) in [5.41, 5.74) is 0.248. The molecule has 0 amide bonds. The molecule has 0 aromatic carbocycles. The Labute approximate surface area is 231 Å². The van der Waals surface area contributed by atoms with Crippen LogP contribution in [0.3, 0.4) is 0 Å². The van der Waals surface area contributed by atoms with Gasteiger partial charge in [-0.15, -0.1) is 0 Å². The van der Waals surface area contributed by atoms with Crippen molar-refractivity contribution in [3.8, 4) is 0 Å². The highest BCUT2D eigenvalue weighted by Gasteiger charge is 2.16. The number of likely N-dealkylation sites (N-methyl/N-ethyl adjacent to an activating group) is 1. The highest BCUT2D eigenvalue weighted by molar-refractivity contribution is 5.70. The monoisotopic (exact) mass is 544 g/mol. The Morgan fingerprint density at radius 3 is 1.24 bits per heavy atom. The van der Waals surface area contributed by atoms with E-state index in [9.17, 15) is 14.4 Å². The van der Waals surface area contributed by atoms with Crippen LogP contribution in [0.25, 0.3) is 0 Å². The van der Waals surface area contributed by atoms with E-state index in [4.69, 9.17) is 14.2 Å². The maximum atomic E-state index is 11.7. The number of esters is 3. The molecule has 0 unspecified atom stereocenters. The standard InChI is InChI=1S/C28H56N4O6/c1-9-14-30(23-24-31(15-10-25(33)36-6)16-11-26(34)37-7)21-19-29(5)20-22-32(17-12-27(35)38-8)18-13-28(2,3)4/h9-24H2,1-8H3. The molecule has 10 heteroatoms. The van der Waals surface area contributed by atoms with Gasteiger partial charge in [0.2, 0.25) is 0 Å². The SMILES string of the molecule is CCCN(CCN(C)CCN(CCC(=O)OC)CCC(C)(C)C)CCN(CCC(=O)OC)CCC(=O)OC. The molecule has 0 bridgehead atoms. The van der Waals surface area contributed by atoms with Gasteiger partial charge in [0.25, 0.3) is 0 Å². The van der Waals surface area contributed by atoms with Crippen LogP contribution < -0.4 is 0 Å². The van der Waals surface area contributed by atoms with Crippen molar-refractivity contribution in [3.05, 3.63) is 0 Å². The maximum absolute atomic E-state index is 11.7. The molecule has 0 aliphatic rings. The van der Waals surface area contributed by atoms with Gasteiger partial charge in [-0.2, -0.15) is 0 Å². The molecule has 38 heavy (non-hydrogen) atoms. The third kappa shape index (κ3) is 20.2. The molecular formula is C28H56N4O6. The molecule has 0 spiro atoms. The van der Waals surface area contributed by atoms with Gasteiger partial charge in [0.15, 0.2) is 0 Å². The lowest BCUT2D eigenvalue weighted by Crippen LogP contribution is -2.42. The van der Waals surface area contributed by atoms with Crippen LogP contribution in [-0.4, -0.2) is 138 Å². The smallest absolute Gasteiger partial charge is 0.306 e. The van der Waals surface area contributed by atoms with E-state index in [0.29, 0.717) is 38.9 Å². The Bertz CT molecular complexity index is 636. The second-order valence-electron chi connectivity index (χ2n) is 11.1. The second-order valence-corrected chi connectivity index (χ2v) is 11.1. The third-order valence-corrected chi connectivity index (χ3v) is 6.63. The predicted octanol–water partition coefficient (Wildman–Crippen LogP) is 2.36. The molecule has 0 aliphatic carbocycles. The van der Waals surface area contributed by atoms with Crippen LogP contribution in [0.4, 0.5) is 0 Å². The van der Waals surface area contributed by atoms with Gasteiger partial charge in [-0.3, -0.25) is 14.4 Å². The van der Waals surface area contributed by atoms with Crippen LogP contribution >= 0.6 is 0 Å². The number of rotatable bonds is 22. The number of carbonyl (C=O) groups excluding carboxylic acids is 3. The summed E-state index contributed by atoms with van der Waals surface area (Å²) in [4.78, 5) is 44.2. The molecule has 0 saturated carbocycles. The van der Waals surface area contributed by atoms with E-state index in [-0.39, 0.29) is 23.3 Å². The molecule has 0 aromatic heterocycles. The Hall–Kier alpha value is -1.75. The highest BCUT2D eigenvalue weighted by Crippen LogP contribution is 2.18. The number of nitrogens with zero attached hydrogens (tertiary/aromatic N) is 4. The highest BCUT2D eigenvalue weighted by atomic mass is 16.5. The second kappa shape index (κ2) is 21.1. The fourth-order valence-electron chi connectivity index (χ4n) is 3.89. The fourth-order valence-corrected chi connectivity index (χ4v) is 3.89. The van der Waals surface area contributed by atoms with E-state index in [2.05, 4.69) is 54.3 Å². The summed E-state index contributed by atoms with van der Waals surface area (Å²) >= 11 is 0. The third-order valence-electron chi connectivity index (χ3n) is 6.63. The van der Waals surface area contributed by atoms with Gasteiger partial charge >= 0.3 is 17.9 Å². The predicted molar refractivity (Wildman–Crippen MR) is 151 cm³/mol. The van der Waals surface area contributed by atoms with Crippen molar-refractivity contribution in [2.75, 3.05) is 100 Å². The van der Waals surface area contributed by atoms with Crippen molar-refractivity contribution in [3.63, 3.8) is 0 Å². The number of ether oxygens (including phenoxy) is 3. The summed E-state index contributed by atoms with van der Waals surface area (Å²) in [7, 11) is 6.37. The molecule has 0 radical (unpaired) electrons. The normalized spacial score (nSPS) is 12.0. The fraction of sp³-hybridized carbons (Fsp3) is 0.893. The molecule has 0 rings (SSSR count). The summed E-state index contributed by atoms with van der Waals surface area (Å²) in [6, 6.07) is 0. The van der Waals surface area contributed by atoms with Gasteiger partial charge in [-0.1, -0.05) is 27.7 Å². The molecule has 0 saturated heterocycles. The molecule has 0 atom stereocenters. The van der Waals surface area contributed by atoms with Gasteiger partial charge < -0.3 is 33.8 Å². The first kappa shape index (κ1) is 36.2. The van der Waals surface area contributed by atoms with Crippen LogP contribution in [-0.2, 0) is 28.6 Å². The minimum Gasteiger partial charge on any atom is -0.469 e. The van der Waals surface area contributed by atoms with Gasteiger partial charge in [0.1, 0.15) is 0 Å². The van der Waals surface area contributed by atoms with Gasteiger partial charge in [0, 0.05) is 58.9 Å².